The minimum absolute atomic E-state index is 0.482. The average Bonchev–Trinajstić information content (AvgIpc) is 2.65. The highest BCUT2D eigenvalue weighted by Gasteiger charge is 2.18. The zero-order chi connectivity index (χ0) is 18.8. The molecule has 0 saturated carbocycles. The molecule has 0 aliphatic carbocycles. The number of aliphatic imine (C=N–C) groups is 1. The minimum Gasteiger partial charge on any atom is -0.357 e. The first kappa shape index (κ1) is 21.1. The highest BCUT2D eigenvalue weighted by atomic mass is 32.2. The van der Waals surface area contributed by atoms with Crippen molar-refractivity contribution in [3.05, 3.63) is 30.3 Å². The van der Waals surface area contributed by atoms with Crippen molar-refractivity contribution in [2.75, 3.05) is 52.9 Å². The molecule has 146 valence electrons. The fourth-order valence-electron chi connectivity index (χ4n) is 2.96. The first-order valence-electron chi connectivity index (χ1n) is 9.75. The molecule has 2 rings (SSSR count). The van der Waals surface area contributed by atoms with Gasteiger partial charge in [-0.15, -0.1) is 11.8 Å². The predicted molar refractivity (Wildman–Crippen MR) is 114 cm³/mol. The van der Waals surface area contributed by atoms with E-state index in [9.17, 15) is 0 Å². The molecule has 0 spiro atoms. The number of guanidine groups is 1. The van der Waals surface area contributed by atoms with Crippen LogP contribution in [0.3, 0.4) is 0 Å². The normalized spacial score (nSPS) is 19.2. The van der Waals surface area contributed by atoms with Crippen molar-refractivity contribution >= 4 is 17.7 Å². The molecule has 2 unspecified atom stereocenters. The quantitative estimate of drug-likeness (QED) is 0.414. The third-order valence-electron chi connectivity index (χ3n) is 4.66. The molecule has 6 heteroatoms. The molecule has 0 bridgehead atoms. The fraction of sp³-hybridized carbons (Fsp3) is 0.650. The Morgan fingerprint density at radius 3 is 2.46 bits per heavy atom. The maximum absolute atomic E-state index is 4.82. The maximum atomic E-state index is 4.82. The van der Waals surface area contributed by atoms with Gasteiger partial charge < -0.3 is 15.5 Å². The summed E-state index contributed by atoms with van der Waals surface area (Å²) in [6.07, 6.45) is 0. The lowest BCUT2D eigenvalue weighted by molar-refractivity contribution is 0.122. The lowest BCUT2D eigenvalue weighted by Gasteiger charge is -2.35. The van der Waals surface area contributed by atoms with Crippen molar-refractivity contribution < 1.29 is 0 Å². The van der Waals surface area contributed by atoms with E-state index in [1.165, 1.54) is 4.90 Å². The van der Waals surface area contributed by atoms with E-state index in [4.69, 9.17) is 4.99 Å². The first-order chi connectivity index (χ1) is 12.6. The number of hydrogen-bond donors (Lipinski definition) is 2. The number of likely N-dealkylation sites (N-methyl/N-ethyl adjacent to an activating group) is 1. The Hall–Kier alpha value is -1.24. The van der Waals surface area contributed by atoms with E-state index in [1.807, 2.05) is 11.8 Å². The lowest BCUT2D eigenvalue weighted by Crippen LogP contribution is -2.49. The van der Waals surface area contributed by atoms with Crippen molar-refractivity contribution in [2.24, 2.45) is 4.99 Å². The molecule has 1 fully saturated rings. The second-order valence-corrected chi connectivity index (χ2v) is 8.54. The van der Waals surface area contributed by atoms with Crippen LogP contribution in [0.1, 0.15) is 20.8 Å². The Bertz CT molecular complexity index is 528. The first-order valence-corrected chi connectivity index (χ1v) is 10.6. The molecule has 1 aliphatic heterocycles. The van der Waals surface area contributed by atoms with Crippen LogP contribution < -0.4 is 10.6 Å². The third-order valence-corrected chi connectivity index (χ3v) is 5.77. The molecule has 1 aliphatic rings. The second kappa shape index (κ2) is 11.5. The van der Waals surface area contributed by atoms with E-state index in [-0.39, 0.29) is 0 Å². The Kier molecular flexibility index (Phi) is 9.29. The van der Waals surface area contributed by atoms with Gasteiger partial charge in [-0.25, -0.2) is 0 Å². The molecule has 1 saturated heterocycles. The Labute approximate surface area is 163 Å². The molecule has 2 N–H and O–H groups in total. The molecule has 0 aromatic heterocycles. The van der Waals surface area contributed by atoms with E-state index >= 15 is 0 Å². The highest BCUT2D eigenvalue weighted by molar-refractivity contribution is 8.00. The zero-order valence-electron chi connectivity index (χ0n) is 16.7. The molecule has 2 atom stereocenters. The van der Waals surface area contributed by atoms with Crippen LogP contribution in [0.5, 0.6) is 0 Å². The number of nitrogens with zero attached hydrogens (tertiary/aromatic N) is 3. The minimum atomic E-state index is 0.482. The predicted octanol–water partition coefficient (Wildman–Crippen LogP) is 2.36. The van der Waals surface area contributed by atoms with E-state index in [1.54, 1.807) is 0 Å². The molecular weight excluding hydrogens is 342 g/mol. The van der Waals surface area contributed by atoms with E-state index in [0.717, 1.165) is 51.8 Å². The molecule has 1 aromatic rings. The van der Waals surface area contributed by atoms with Gasteiger partial charge in [0.05, 0.1) is 6.54 Å². The molecule has 1 heterocycles. The monoisotopic (exact) mass is 377 g/mol. The molecule has 26 heavy (non-hydrogen) atoms. The van der Waals surface area contributed by atoms with Gasteiger partial charge in [0.25, 0.3) is 0 Å². The van der Waals surface area contributed by atoms with Crippen LogP contribution >= 0.6 is 11.8 Å². The number of nitrogens with one attached hydrogen (secondary N) is 2. The SMILES string of the molecule is CCNC(=NCC(C)N1CCN(C)CC1)NCC(C)Sc1ccccc1. The van der Waals surface area contributed by atoms with Gasteiger partial charge in [0.15, 0.2) is 5.96 Å². The standard InChI is InChI=1S/C20H35N5S/c1-5-21-20(22-15-17(2)25-13-11-24(4)12-14-25)23-16-18(3)26-19-9-7-6-8-10-19/h6-10,17-18H,5,11-16H2,1-4H3,(H2,21,22,23). The van der Waals surface area contributed by atoms with Gasteiger partial charge in [0.1, 0.15) is 0 Å². The summed E-state index contributed by atoms with van der Waals surface area (Å²) < 4.78 is 0. The molecule has 5 nitrogen and oxygen atoms in total. The fourth-order valence-corrected chi connectivity index (χ4v) is 3.90. The average molecular weight is 378 g/mol. The third kappa shape index (κ3) is 7.56. The van der Waals surface area contributed by atoms with Gasteiger partial charge in [-0.2, -0.15) is 0 Å². The topological polar surface area (TPSA) is 42.9 Å². The lowest BCUT2D eigenvalue weighted by atomic mass is 10.2. The van der Waals surface area contributed by atoms with Crippen LogP contribution in [0.2, 0.25) is 0 Å². The molecular formula is C20H35N5S. The summed E-state index contributed by atoms with van der Waals surface area (Å²) in [6, 6.07) is 11.1. The Balaban J connectivity index is 1.78. The maximum Gasteiger partial charge on any atom is 0.191 e. The Morgan fingerprint density at radius 2 is 1.81 bits per heavy atom. The van der Waals surface area contributed by atoms with E-state index < -0.39 is 0 Å². The van der Waals surface area contributed by atoms with Crippen molar-refractivity contribution in [3.8, 4) is 0 Å². The van der Waals surface area contributed by atoms with Gasteiger partial charge in [-0.05, 0) is 33.0 Å². The summed E-state index contributed by atoms with van der Waals surface area (Å²) in [5.74, 6) is 0.925. The van der Waals surface area contributed by atoms with Crippen molar-refractivity contribution in [3.63, 3.8) is 0 Å². The van der Waals surface area contributed by atoms with Crippen LogP contribution in [0.15, 0.2) is 40.2 Å². The molecule has 1 aromatic carbocycles. The van der Waals surface area contributed by atoms with Gasteiger partial charge in [0, 0.05) is 55.5 Å². The van der Waals surface area contributed by atoms with Gasteiger partial charge in [-0.1, -0.05) is 25.1 Å². The zero-order valence-corrected chi connectivity index (χ0v) is 17.6. The van der Waals surface area contributed by atoms with Crippen LogP contribution in [0.25, 0.3) is 0 Å². The summed E-state index contributed by atoms with van der Waals surface area (Å²) in [5.41, 5.74) is 0. The van der Waals surface area contributed by atoms with Gasteiger partial charge in [-0.3, -0.25) is 9.89 Å². The number of piperazine rings is 1. The summed E-state index contributed by atoms with van der Waals surface area (Å²) in [7, 11) is 2.20. The van der Waals surface area contributed by atoms with Crippen LogP contribution in [0, 0.1) is 0 Å². The van der Waals surface area contributed by atoms with Gasteiger partial charge in [0.2, 0.25) is 0 Å². The van der Waals surface area contributed by atoms with E-state index in [2.05, 4.69) is 78.6 Å². The van der Waals surface area contributed by atoms with Crippen LogP contribution in [-0.2, 0) is 0 Å². The smallest absolute Gasteiger partial charge is 0.191 e. The summed E-state index contributed by atoms with van der Waals surface area (Å²) >= 11 is 1.89. The van der Waals surface area contributed by atoms with Crippen molar-refractivity contribution in [1.29, 1.82) is 0 Å². The number of rotatable bonds is 8. The molecule has 0 amide bonds. The van der Waals surface area contributed by atoms with Gasteiger partial charge >= 0.3 is 0 Å². The summed E-state index contributed by atoms with van der Waals surface area (Å²) in [6.45, 7) is 13.9. The second-order valence-electron chi connectivity index (χ2n) is 7.03. The highest BCUT2D eigenvalue weighted by Crippen LogP contribution is 2.21. The number of thioether (sulfide) groups is 1. The largest absolute Gasteiger partial charge is 0.357 e. The summed E-state index contributed by atoms with van der Waals surface area (Å²) in [4.78, 5) is 11.1. The number of hydrogen-bond acceptors (Lipinski definition) is 4. The molecule has 0 radical (unpaired) electrons. The summed E-state index contributed by atoms with van der Waals surface area (Å²) in [5, 5.41) is 7.35. The van der Waals surface area contributed by atoms with Crippen LogP contribution in [0.4, 0.5) is 0 Å². The van der Waals surface area contributed by atoms with Crippen molar-refractivity contribution in [2.45, 2.75) is 37.0 Å². The Morgan fingerprint density at radius 1 is 1.12 bits per heavy atom. The number of benzene rings is 1. The van der Waals surface area contributed by atoms with Crippen LogP contribution in [-0.4, -0.2) is 79.9 Å². The van der Waals surface area contributed by atoms with Crippen molar-refractivity contribution in [1.82, 2.24) is 20.4 Å². The van der Waals surface area contributed by atoms with E-state index in [0.29, 0.717) is 11.3 Å².